The number of nitrogens with zero attached hydrogens (tertiary/aromatic N) is 2. The third-order valence-electron chi connectivity index (χ3n) is 3.08. The highest BCUT2D eigenvalue weighted by Crippen LogP contribution is 2.21. The van der Waals surface area contributed by atoms with Crippen LogP contribution < -0.4 is 5.56 Å². The number of halogens is 1. The van der Waals surface area contributed by atoms with Crippen LogP contribution in [0.3, 0.4) is 0 Å². The summed E-state index contributed by atoms with van der Waals surface area (Å²) in [5.74, 6) is 1.19. The number of benzene rings is 1. The maximum Gasteiger partial charge on any atom is 0.262 e. The number of fused-ring (bicyclic) bond motifs is 1. The normalized spacial score (nSPS) is 11.0. The molecule has 0 N–H and O–H groups in total. The second kappa shape index (κ2) is 6.42. The van der Waals surface area contributed by atoms with Gasteiger partial charge in [0, 0.05) is 10.8 Å². The highest BCUT2D eigenvalue weighted by molar-refractivity contribution is 7.99. The number of hydrogen-bond acceptors (Lipinski definition) is 4. The second-order valence-electron chi connectivity index (χ2n) is 4.69. The van der Waals surface area contributed by atoms with Gasteiger partial charge in [-0.3, -0.25) is 9.36 Å². The molecule has 2 aromatic heterocycles. The molecule has 3 aromatic rings. The van der Waals surface area contributed by atoms with E-state index in [0.29, 0.717) is 39.1 Å². The zero-order chi connectivity index (χ0) is 15.5. The number of hydrogen-bond donors (Lipinski definition) is 0. The number of thioether (sulfide) groups is 1. The van der Waals surface area contributed by atoms with Crippen molar-refractivity contribution in [2.45, 2.75) is 11.7 Å². The van der Waals surface area contributed by atoms with Crippen LogP contribution in [0.15, 0.2) is 68.6 Å². The minimum Gasteiger partial charge on any atom is -0.467 e. The topological polar surface area (TPSA) is 48.0 Å². The van der Waals surface area contributed by atoms with Crippen LogP contribution >= 0.6 is 23.4 Å². The smallest absolute Gasteiger partial charge is 0.262 e. The molecule has 0 spiro atoms. The summed E-state index contributed by atoms with van der Waals surface area (Å²) in [5, 5.41) is 1.70. The van der Waals surface area contributed by atoms with Gasteiger partial charge in [0.1, 0.15) is 5.76 Å². The minimum atomic E-state index is -0.0929. The molecule has 0 radical (unpaired) electrons. The Kier molecular flexibility index (Phi) is 4.36. The largest absolute Gasteiger partial charge is 0.467 e. The van der Waals surface area contributed by atoms with Gasteiger partial charge in [0.2, 0.25) is 0 Å². The summed E-state index contributed by atoms with van der Waals surface area (Å²) in [6.07, 6.45) is 1.59. The lowest BCUT2D eigenvalue weighted by atomic mass is 10.2. The fraction of sp³-hybridized carbons (Fsp3) is 0.125. The standard InChI is InChI=1S/C16H13ClN2O2S/c1-11(17)10-22-16-18-14-7-3-2-6-13(14)15(20)19(16)9-12-5-4-8-21-12/h2-8H,1,9-10H2. The van der Waals surface area contributed by atoms with Crippen molar-refractivity contribution in [1.82, 2.24) is 9.55 Å². The summed E-state index contributed by atoms with van der Waals surface area (Å²) in [7, 11) is 0. The zero-order valence-electron chi connectivity index (χ0n) is 11.7. The highest BCUT2D eigenvalue weighted by Gasteiger charge is 2.13. The van der Waals surface area contributed by atoms with Crippen molar-refractivity contribution in [1.29, 1.82) is 0 Å². The van der Waals surface area contributed by atoms with Crippen LogP contribution in [0.25, 0.3) is 10.9 Å². The molecule has 22 heavy (non-hydrogen) atoms. The Morgan fingerprint density at radius 2 is 2.14 bits per heavy atom. The fourth-order valence-electron chi connectivity index (χ4n) is 2.10. The van der Waals surface area contributed by atoms with Crippen molar-refractivity contribution in [3.05, 3.63) is 70.4 Å². The van der Waals surface area contributed by atoms with E-state index in [2.05, 4.69) is 11.6 Å². The lowest BCUT2D eigenvalue weighted by Gasteiger charge is -2.11. The molecular weight excluding hydrogens is 320 g/mol. The van der Waals surface area contributed by atoms with E-state index in [1.165, 1.54) is 11.8 Å². The molecule has 0 bridgehead atoms. The van der Waals surface area contributed by atoms with E-state index in [4.69, 9.17) is 16.0 Å². The molecule has 1 aromatic carbocycles. The second-order valence-corrected chi connectivity index (χ2v) is 6.17. The van der Waals surface area contributed by atoms with E-state index in [0.717, 1.165) is 0 Å². The molecule has 112 valence electrons. The quantitative estimate of drug-likeness (QED) is 0.525. The average Bonchev–Trinajstić information content (AvgIpc) is 3.01. The molecule has 3 rings (SSSR count). The summed E-state index contributed by atoms with van der Waals surface area (Å²) >= 11 is 7.22. The summed E-state index contributed by atoms with van der Waals surface area (Å²) in [5.41, 5.74) is 0.579. The molecule has 0 aliphatic heterocycles. The van der Waals surface area contributed by atoms with Crippen LogP contribution in [0.5, 0.6) is 0 Å². The van der Waals surface area contributed by atoms with Gasteiger partial charge in [-0.2, -0.15) is 0 Å². The van der Waals surface area contributed by atoms with Crippen molar-refractivity contribution < 1.29 is 4.42 Å². The van der Waals surface area contributed by atoms with Crippen molar-refractivity contribution in [2.24, 2.45) is 0 Å². The van der Waals surface area contributed by atoms with E-state index in [1.807, 2.05) is 24.3 Å². The Hall–Kier alpha value is -1.98. The monoisotopic (exact) mass is 332 g/mol. The summed E-state index contributed by atoms with van der Waals surface area (Å²) in [4.78, 5) is 17.3. The van der Waals surface area contributed by atoms with Gasteiger partial charge in [-0.1, -0.05) is 42.1 Å². The number of aromatic nitrogens is 2. The van der Waals surface area contributed by atoms with E-state index in [1.54, 1.807) is 23.0 Å². The van der Waals surface area contributed by atoms with Gasteiger partial charge in [-0.25, -0.2) is 4.98 Å². The molecule has 0 aliphatic carbocycles. The predicted octanol–water partition coefficient (Wildman–Crippen LogP) is 3.88. The van der Waals surface area contributed by atoms with Crippen LogP contribution in [-0.2, 0) is 6.54 Å². The first kappa shape index (κ1) is 14.9. The van der Waals surface area contributed by atoms with Gasteiger partial charge in [-0.05, 0) is 24.3 Å². The van der Waals surface area contributed by atoms with Gasteiger partial charge in [0.25, 0.3) is 5.56 Å². The van der Waals surface area contributed by atoms with E-state index in [9.17, 15) is 4.79 Å². The fourth-order valence-corrected chi connectivity index (χ4v) is 3.01. The molecule has 4 nitrogen and oxygen atoms in total. The first-order valence-electron chi connectivity index (χ1n) is 6.63. The SMILES string of the molecule is C=C(Cl)CSc1nc2ccccc2c(=O)n1Cc1ccco1. The van der Waals surface area contributed by atoms with Crippen LogP contribution in [-0.4, -0.2) is 15.3 Å². The number of furan rings is 1. The van der Waals surface area contributed by atoms with E-state index >= 15 is 0 Å². The minimum absolute atomic E-state index is 0.0929. The lowest BCUT2D eigenvalue weighted by Crippen LogP contribution is -2.23. The Balaban J connectivity index is 2.12. The van der Waals surface area contributed by atoms with Gasteiger partial charge >= 0.3 is 0 Å². The van der Waals surface area contributed by atoms with E-state index in [-0.39, 0.29) is 5.56 Å². The molecule has 0 fully saturated rings. The molecule has 0 amide bonds. The first-order valence-corrected chi connectivity index (χ1v) is 7.99. The summed E-state index contributed by atoms with van der Waals surface area (Å²) < 4.78 is 6.95. The first-order chi connectivity index (χ1) is 10.6. The molecule has 0 saturated carbocycles. The van der Waals surface area contributed by atoms with Crippen LogP contribution in [0.2, 0.25) is 0 Å². The molecule has 0 unspecified atom stereocenters. The Bertz CT molecular complexity index is 871. The summed E-state index contributed by atoms with van der Waals surface area (Å²) in [6, 6.07) is 10.9. The third-order valence-corrected chi connectivity index (χ3v) is 4.43. The molecule has 2 heterocycles. The van der Waals surface area contributed by atoms with Crippen molar-refractivity contribution in [3.8, 4) is 0 Å². The lowest BCUT2D eigenvalue weighted by molar-refractivity contribution is 0.476. The summed E-state index contributed by atoms with van der Waals surface area (Å²) in [6.45, 7) is 4.01. The van der Waals surface area contributed by atoms with Crippen molar-refractivity contribution >= 4 is 34.3 Å². The molecule has 0 aliphatic rings. The Morgan fingerprint density at radius 3 is 2.86 bits per heavy atom. The molecular formula is C16H13ClN2O2S. The predicted molar refractivity (Wildman–Crippen MR) is 89.5 cm³/mol. The van der Waals surface area contributed by atoms with Crippen LogP contribution in [0.4, 0.5) is 0 Å². The van der Waals surface area contributed by atoms with Gasteiger partial charge < -0.3 is 4.42 Å². The van der Waals surface area contributed by atoms with Crippen LogP contribution in [0, 0.1) is 0 Å². The number of rotatable bonds is 5. The maximum atomic E-state index is 12.7. The van der Waals surface area contributed by atoms with E-state index < -0.39 is 0 Å². The van der Waals surface area contributed by atoms with Gasteiger partial charge in [-0.15, -0.1) is 0 Å². The molecule has 6 heteroatoms. The molecule has 0 saturated heterocycles. The van der Waals surface area contributed by atoms with Gasteiger partial charge in [0.05, 0.1) is 23.7 Å². The maximum absolute atomic E-state index is 12.7. The zero-order valence-corrected chi connectivity index (χ0v) is 13.2. The molecule has 0 atom stereocenters. The number of para-hydroxylation sites is 1. The van der Waals surface area contributed by atoms with Crippen molar-refractivity contribution in [2.75, 3.05) is 5.75 Å². The van der Waals surface area contributed by atoms with Crippen LogP contribution in [0.1, 0.15) is 5.76 Å². The average molecular weight is 333 g/mol. The highest BCUT2D eigenvalue weighted by atomic mass is 35.5. The van der Waals surface area contributed by atoms with Crippen molar-refractivity contribution in [3.63, 3.8) is 0 Å². The third kappa shape index (κ3) is 3.10. The Labute approximate surface area is 136 Å². The van der Waals surface area contributed by atoms with Gasteiger partial charge in [0.15, 0.2) is 5.16 Å². The Morgan fingerprint density at radius 1 is 1.32 bits per heavy atom.